The third kappa shape index (κ3) is 12.9. The van der Waals surface area contributed by atoms with Crippen LogP contribution in [0, 0.1) is 5.41 Å². The summed E-state index contributed by atoms with van der Waals surface area (Å²) in [4.78, 5) is 4.08. The number of hydrogen-bond donors (Lipinski definition) is 0. The normalized spacial score (nSPS) is 11.2. The number of allylic oxidation sites excluding steroid dienone is 1. The van der Waals surface area contributed by atoms with Gasteiger partial charge in [-0.2, -0.15) is 0 Å². The molecule has 0 aliphatic heterocycles. The largest absolute Gasteiger partial charge is 0.477 e. The van der Waals surface area contributed by atoms with Crippen molar-refractivity contribution in [1.29, 1.82) is 0 Å². The quantitative estimate of drug-likeness (QED) is 0.506. The Bertz CT molecular complexity index is 221. The second kappa shape index (κ2) is 8.27. The number of hydrogen-bond acceptors (Lipinski definition) is 2. The summed E-state index contributed by atoms with van der Waals surface area (Å²) in [7, 11) is 0. The Morgan fingerprint density at radius 1 is 1.33 bits per heavy atom. The molecule has 0 aliphatic rings. The molecule has 2 nitrogen and oxygen atoms in total. The van der Waals surface area contributed by atoms with Gasteiger partial charge in [-0.1, -0.05) is 47.8 Å². The first kappa shape index (κ1) is 16.4. The summed E-state index contributed by atoms with van der Waals surface area (Å²) in [6, 6.07) is 0. The van der Waals surface area contributed by atoms with Gasteiger partial charge in [0.1, 0.15) is 0 Å². The van der Waals surface area contributed by atoms with E-state index in [0.29, 0.717) is 12.5 Å². The van der Waals surface area contributed by atoms with Gasteiger partial charge in [0.15, 0.2) is 0 Å². The van der Waals surface area contributed by atoms with Gasteiger partial charge in [-0.25, -0.2) is 4.99 Å². The first-order valence-corrected chi connectivity index (χ1v) is 5.34. The molecular formula is C13H25NO. The highest BCUT2D eigenvalue weighted by atomic mass is 16.5. The molecule has 2 heteroatoms. The van der Waals surface area contributed by atoms with Crippen LogP contribution in [-0.4, -0.2) is 12.5 Å². The van der Waals surface area contributed by atoms with Gasteiger partial charge in [0, 0.05) is 5.70 Å². The molecule has 0 aromatic rings. The molecule has 0 radical (unpaired) electrons. The van der Waals surface area contributed by atoms with Crippen LogP contribution in [0.15, 0.2) is 29.9 Å². The van der Waals surface area contributed by atoms with Gasteiger partial charge in [-0.3, -0.25) is 0 Å². The third-order valence-electron chi connectivity index (χ3n) is 1.13. The van der Waals surface area contributed by atoms with Crippen molar-refractivity contribution in [3.8, 4) is 0 Å². The molecule has 88 valence electrons. The van der Waals surface area contributed by atoms with Gasteiger partial charge >= 0.3 is 0 Å². The predicted octanol–water partition coefficient (Wildman–Crippen LogP) is 4.19. The monoisotopic (exact) mass is 211 g/mol. The van der Waals surface area contributed by atoms with Crippen LogP contribution in [0.5, 0.6) is 0 Å². The molecule has 0 saturated heterocycles. The number of ether oxygens (including phenoxy) is 1. The summed E-state index contributed by atoms with van der Waals surface area (Å²) >= 11 is 0. The molecule has 0 saturated carbocycles. The Morgan fingerprint density at radius 2 is 1.80 bits per heavy atom. The van der Waals surface area contributed by atoms with Gasteiger partial charge in [-0.05, 0) is 18.4 Å². The van der Waals surface area contributed by atoms with Crippen LogP contribution in [-0.2, 0) is 4.74 Å². The van der Waals surface area contributed by atoms with Gasteiger partial charge in [-0.15, -0.1) is 0 Å². The highest BCUT2D eigenvalue weighted by Gasteiger charge is 2.11. The van der Waals surface area contributed by atoms with E-state index in [2.05, 4.69) is 38.9 Å². The number of aliphatic imine (C=N–C) groups is 1. The molecule has 0 aromatic carbocycles. The SMILES string of the molecule is C=CC(=NC(=C)C)OCC(C)(C)C.CC. The average Bonchev–Trinajstić information content (AvgIpc) is 2.13. The maximum atomic E-state index is 5.44. The van der Waals surface area contributed by atoms with Crippen molar-refractivity contribution in [2.24, 2.45) is 10.4 Å². The van der Waals surface area contributed by atoms with Gasteiger partial charge < -0.3 is 4.74 Å². The van der Waals surface area contributed by atoms with Crippen LogP contribution in [0.3, 0.4) is 0 Å². The Balaban J connectivity index is 0. The topological polar surface area (TPSA) is 21.6 Å². The van der Waals surface area contributed by atoms with Crippen LogP contribution < -0.4 is 0 Å². The molecule has 0 unspecified atom stereocenters. The van der Waals surface area contributed by atoms with Crippen molar-refractivity contribution in [2.75, 3.05) is 6.61 Å². The molecule has 0 fully saturated rings. The van der Waals surface area contributed by atoms with Crippen molar-refractivity contribution < 1.29 is 4.74 Å². The lowest BCUT2D eigenvalue weighted by molar-refractivity contribution is 0.189. The average molecular weight is 211 g/mol. The maximum Gasteiger partial charge on any atom is 0.212 e. The molecule has 0 spiro atoms. The van der Waals surface area contributed by atoms with Gasteiger partial charge in [0.25, 0.3) is 0 Å². The summed E-state index contributed by atoms with van der Waals surface area (Å²) in [6.45, 7) is 20.1. The van der Waals surface area contributed by atoms with E-state index in [1.165, 1.54) is 0 Å². The summed E-state index contributed by atoms with van der Waals surface area (Å²) in [5.41, 5.74) is 0.864. The fourth-order valence-corrected chi connectivity index (χ4v) is 0.615. The molecule has 0 amide bonds. The minimum absolute atomic E-state index is 0.138. The van der Waals surface area contributed by atoms with Crippen molar-refractivity contribution in [3.63, 3.8) is 0 Å². The minimum atomic E-state index is 0.138. The van der Waals surface area contributed by atoms with Gasteiger partial charge in [0.05, 0.1) is 6.61 Å². The first-order chi connectivity index (χ1) is 6.85. The molecule has 0 N–H and O–H groups in total. The molecule has 0 rings (SSSR count). The highest BCUT2D eigenvalue weighted by Crippen LogP contribution is 2.13. The standard InChI is InChI=1S/C11H19NO.C2H6/c1-7-10(12-9(2)3)13-8-11(4,5)6;1-2/h7H,1-2,8H2,3-6H3;1-2H3. The third-order valence-corrected chi connectivity index (χ3v) is 1.13. The Kier molecular flexibility index (Phi) is 9.04. The lowest BCUT2D eigenvalue weighted by atomic mass is 9.99. The lowest BCUT2D eigenvalue weighted by Crippen LogP contribution is -2.17. The van der Waals surface area contributed by atoms with Crippen LogP contribution in [0.25, 0.3) is 0 Å². The van der Waals surface area contributed by atoms with E-state index in [9.17, 15) is 0 Å². The zero-order valence-electron chi connectivity index (χ0n) is 11.1. The smallest absolute Gasteiger partial charge is 0.212 e. The van der Waals surface area contributed by atoms with E-state index in [0.717, 1.165) is 5.70 Å². The summed E-state index contributed by atoms with van der Waals surface area (Å²) < 4.78 is 5.44. The molecule has 0 atom stereocenters. The zero-order valence-corrected chi connectivity index (χ0v) is 11.1. The molecule has 0 aromatic heterocycles. The van der Waals surface area contributed by atoms with Crippen LogP contribution in [0.4, 0.5) is 0 Å². The maximum absolute atomic E-state index is 5.44. The number of rotatable bonds is 3. The van der Waals surface area contributed by atoms with E-state index < -0.39 is 0 Å². The molecular weight excluding hydrogens is 186 g/mol. The van der Waals surface area contributed by atoms with Crippen LogP contribution in [0.2, 0.25) is 0 Å². The Labute approximate surface area is 94.8 Å². The number of nitrogens with zero attached hydrogens (tertiary/aromatic N) is 1. The zero-order chi connectivity index (χ0) is 12.5. The molecule has 0 heterocycles. The Morgan fingerprint density at radius 3 is 2.07 bits per heavy atom. The van der Waals surface area contributed by atoms with Crippen molar-refractivity contribution >= 4 is 5.90 Å². The highest BCUT2D eigenvalue weighted by molar-refractivity contribution is 5.87. The van der Waals surface area contributed by atoms with Crippen molar-refractivity contribution in [1.82, 2.24) is 0 Å². The summed E-state index contributed by atoms with van der Waals surface area (Å²) in [6.07, 6.45) is 1.60. The van der Waals surface area contributed by atoms with E-state index >= 15 is 0 Å². The van der Waals surface area contributed by atoms with E-state index in [-0.39, 0.29) is 5.41 Å². The van der Waals surface area contributed by atoms with Crippen LogP contribution >= 0.6 is 0 Å². The van der Waals surface area contributed by atoms with Crippen molar-refractivity contribution in [3.05, 3.63) is 24.9 Å². The van der Waals surface area contributed by atoms with Gasteiger partial charge in [0.2, 0.25) is 5.90 Å². The fraction of sp³-hybridized carbons (Fsp3) is 0.615. The van der Waals surface area contributed by atoms with Crippen molar-refractivity contribution in [2.45, 2.75) is 41.5 Å². The molecule has 15 heavy (non-hydrogen) atoms. The summed E-state index contributed by atoms with van der Waals surface area (Å²) in [5, 5.41) is 0. The van der Waals surface area contributed by atoms with E-state index in [4.69, 9.17) is 4.74 Å². The Hall–Kier alpha value is -1.05. The minimum Gasteiger partial charge on any atom is -0.477 e. The predicted molar refractivity (Wildman–Crippen MR) is 69.2 cm³/mol. The molecule has 0 bridgehead atoms. The summed E-state index contributed by atoms with van der Waals surface area (Å²) in [5.74, 6) is 0.544. The lowest BCUT2D eigenvalue weighted by Gasteiger charge is -2.18. The van der Waals surface area contributed by atoms with Crippen LogP contribution in [0.1, 0.15) is 41.5 Å². The van der Waals surface area contributed by atoms with E-state index in [1.54, 1.807) is 6.08 Å². The second-order valence-corrected chi connectivity index (χ2v) is 4.24. The fourth-order valence-electron chi connectivity index (χ4n) is 0.615. The molecule has 0 aliphatic carbocycles. The first-order valence-electron chi connectivity index (χ1n) is 5.34. The van der Waals surface area contributed by atoms with E-state index in [1.807, 2.05) is 20.8 Å². The second-order valence-electron chi connectivity index (χ2n) is 4.24.